The summed E-state index contributed by atoms with van der Waals surface area (Å²) in [7, 11) is -3.39. The highest BCUT2D eigenvalue weighted by Crippen LogP contribution is 2.67. The van der Waals surface area contributed by atoms with Crippen LogP contribution in [0.2, 0.25) is 0 Å². The number of sulfonamides is 1. The summed E-state index contributed by atoms with van der Waals surface area (Å²) in [6, 6.07) is 10.5. The summed E-state index contributed by atoms with van der Waals surface area (Å²) in [4.78, 5) is 0. The molecule has 0 N–H and O–H groups in total. The number of nitrogens with zero attached hydrogens (tertiary/aromatic N) is 1. The van der Waals surface area contributed by atoms with Crippen molar-refractivity contribution in [2.24, 2.45) is 16.7 Å². The van der Waals surface area contributed by atoms with Crippen molar-refractivity contribution in [1.29, 1.82) is 0 Å². The van der Waals surface area contributed by atoms with Gasteiger partial charge in [0.05, 0.1) is 5.75 Å². The van der Waals surface area contributed by atoms with Crippen molar-refractivity contribution in [2.45, 2.75) is 116 Å². The van der Waals surface area contributed by atoms with E-state index in [-0.39, 0.29) is 34.8 Å². The maximum Gasteiger partial charge on any atom is 0.215 e. The van der Waals surface area contributed by atoms with E-state index in [1.165, 1.54) is 38.5 Å². The van der Waals surface area contributed by atoms with Gasteiger partial charge in [0, 0.05) is 17.5 Å². The molecule has 33 heavy (non-hydrogen) atoms. The van der Waals surface area contributed by atoms with Gasteiger partial charge in [0.25, 0.3) is 0 Å². The third-order valence-corrected chi connectivity index (χ3v) is 12.1. The lowest BCUT2D eigenvalue weighted by atomic mass is 9.69. The Bertz CT molecular complexity index is 884. The molecule has 1 aromatic rings. The van der Waals surface area contributed by atoms with Gasteiger partial charge in [0.15, 0.2) is 0 Å². The third kappa shape index (κ3) is 4.26. The van der Waals surface area contributed by atoms with Crippen LogP contribution in [0.5, 0.6) is 5.75 Å². The molecule has 4 aliphatic rings. The van der Waals surface area contributed by atoms with Crippen LogP contribution in [0.1, 0.15) is 97.3 Å². The molecule has 5 rings (SSSR count). The zero-order chi connectivity index (χ0) is 23.1. The van der Waals surface area contributed by atoms with Crippen LogP contribution < -0.4 is 4.74 Å². The second-order valence-corrected chi connectivity index (χ2v) is 13.8. The van der Waals surface area contributed by atoms with Gasteiger partial charge in [-0.2, -0.15) is 4.31 Å². The summed E-state index contributed by atoms with van der Waals surface area (Å²) in [5.74, 6) is 1.67. The first-order valence-corrected chi connectivity index (χ1v) is 15.2. The minimum atomic E-state index is -3.39. The van der Waals surface area contributed by atoms with Crippen molar-refractivity contribution in [1.82, 2.24) is 4.31 Å². The molecule has 5 heteroatoms. The number of ether oxygens (including phenoxy) is 1. The first kappa shape index (κ1) is 23.7. The van der Waals surface area contributed by atoms with Crippen LogP contribution in [0.3, 0.4) is 0 Å². The summed E-state index contributed by atoms with van der Waals surface area (Å²) >= 11 is 0. The fraction of sp³-hybridized carbons (Fsp3) is 0.786. The topological polar surface area (TPSA) is 46.6 Å². The average Bonchev–Trinajstić information content (AvgIpc) is 3.16. The minimum absolute atomic E-state index is 0.0235. The number of para-hydroxylation sites is 1. The van der Waals surface area contributed by atoms with E-state index in [4.69, 9.17) is 4.74 Å². The van der Waals surface area contributed by atoms with E-state index in [0.29, 0.717) is 5.92 Å². The molecule has 0 aromatic heterocycles. The summed E-state index contributed by atoms with van der Waals surface area (Å²) in [6.45, 7) is 4.64. The van der Waals surface area contributed by atoms with Crippen molar-refractivity contribution in [3.63, 3.8) is 0 Å². The Morgan fingerprint density at radius 1 is 0.879 bits per heavy atom. The fourth-order valence-corrected chi connectivity index (χ4v) is 10.8. The van der Waals surface area contributed by atoms with Gasteiger partial charge in [0.2, 0.25) is 10.0 Å². The van der Waals surface area contributed by atoms with Crippen LogP contribution in [0.15, 0.2) is 30.3 Å². The zero-order valence-electron chi connectivity index (χ0n) is 20.7. The molecule has 4 saturated carbocycles. The molecular formula is C28H43NO3S. The largest absolute Gasteiger partial charge is 0.490 e. The fourth-order valence-electron chi connectivity index (χ4n) is 7.99. The molecule has 0 saturated heterocycles. The Balaban J connectivity index is 1.46. The standard InChI is InChI=1S/C28H43NO3S/c1-27(2)22-18-19-28(27,26(20-22)32-25-16-10-5-11-17-25)21-33(30,31)29(23-12-6-3-7-13-23)24-14-8-4-9-15-24/h5,10-11,16-17,22-24,26H,3-4,6-9,12-15,18-21H2,1-2H3/t22-,26?,28?/m1/s1. The van der Waals surface area contributed by atoms with E-state index in [1.807, 2.05) is 30.3 Å². The summed E-state index contributed by atoms with van der Waals surface area (Å²) < 4.78 is 37.5. The first-order valence-electron chi connectivity index (χ1n) is 13.6. The molecule has 0 radical (unpaired) electrons. The molecule has 0 spiro atoms. The third-order valence-electron chi connectivity index (χ3n) is 10.0. The van der Waals surface area contributed by atoms with Gasteiger partial charge in [-0.3, -0.25) is 0 Å². The van der Waals surface area contributed by atoms with E-state index in [2.05, 4.69) is 18.2 Å². The number of rotatable bonds is 7. The van der Waals surface area contributed by atoms with E-state index < -0.39 is 10.0 Å². The lowest BCUT2D eigenvalue weighted by molar-refractivity contribution is 0.0308. The molecule has 0 amide bonds. The van der Waals surface area contributed by atoms with Gasteiger partial charge in [-0.15, -0.1) is 0 Å². The molecule has 4 nitrogen and oxygen atoms in total. The Kier molecular flexibility index (Phi) is 6.58. The van der Waals surface area contributed by atoms with E-state index in [1.54, 1.807) is 0 Å². The highest BCUT2D eigenvalue weighted by molar-refractivity contribution is 7.89. The van der Waals surface area contributed by atoms with Crippen LogP contribution in [-0.4, -0.2) is 36.7 Å². The van der Waals surface area contributed by atoms with Crippen molar-refractivity contribution in [3.05, 3.63) is 30.3 Å². The molecule has 4 aliphatic carbocycles. The van der Waals surface area contributed by atoms with Crippen LogP contribution in [0, 0.1) is 16.7 Å². The second-order valence-electron chi connectivity index (χ2n) is 11.9. The lowest BCUT2D eigenvalue weighted by Crippen LogP contribution is -2.55. The van der Waals surface area contributed by atoms with Crippen LogP contribution in [0.25, 0.3) is 0 Å². The molecule has 4 fully saturated rings. The van der Waals surface area contributed by atoms with Crippen LogP contribution in [-0.2, 0) is 10.0 Å². The number of hydrogen-bond acceptors (Lipinski definition) is 3. The molecule has 0 aliphatic heterocycles. The highest BCUT2D eigenvalue weighted by Gasteiger charge is 2.67. The number of fused-ring (bicyclic) bond motifs is 2. The van der Waals surface area contributed by atoms with Crippen LogP contribution in [0.4, 0.5) is 0 Å². The molecular weight excluding hydrogens is 430 g/mol. The second kappa shape index (κ2) is 9.18. The van der Waals surface area contributed by atoms with Crippen molar-refractivity contribution in [3.8, 4) is 5.75 Å². The van der Waals surface area contributed by atoms with Gasteiger partial charge in [-0.1, -0.05) is 70.6 Å². The monoisotopic (exact) mass is 473 g/mol. The van der Waals surface area contributed by atoms with Crippen molar-refractivity contribution < 1.29 is 13.2 Å². The van der Waals surface area contributed by atoms with E-state index >= 15 is 0 Å². The van der Waals surface area contributed by atoms with E-state index in [9.17, 15) is 8.42 Å². The molecule has 184 valence electrons. The first-order chi connectivity index (χ1) is 15.8. The lowest BCUT2D eigenvalue weighted by Gasteiger charge is -2.46. The van der Waals surface area contributed by atoms with Crippen LogP contribution >= 0.6 is 0 Å². The Morgan fingerprint density at radius 3 is 2.00 bits per heavy atom. The predicted molar refractivity (Wildman–Crippen MR) is 134 cm³/mol. The van der Waals surface area contributed by atoms with Gasteiger partial charge >= 0.3 is 0 Å². The smallest absolute Gasteiger partial charge is 0.215 e. The molecule has 2 unspecified atom stereocenters. The Morgan fingerprint density at radius 2 is 1.45 bits per heavy atom. The molecule has 3 atom stereocenters. The zero-order valence-corrected chi connectivity index (χ0v) is 21.5. The highest BCUT2D eigenvalue weighted by atomic mass is 32.2. The summed E-state index contributed by atoms with van der Waals surface area (Å²) in [5, 5.41) is 0. The van der Waals surface area contributed by atoms with Gasteiger partial charge in [-0.25, -0.2) is 8.42 Å². The number of benzene rings is 1. The minimum Gasteiger partial charge on any atom is -0.490 e. The quantitative estimate of drug-likeness (QED) is 0.451. The van der Waals surface area contributed by atoms with E-state index in [0.717, 1.165) is 50.7 Å². The normalized spacial score (nSPS) is 32.9. The predicted octanol–water partition coefficient (Wildman–Crippen LogP) is 6.56. The maximum absolute atomic E-state index is 14.4. The summed E-state index contributed by atoms with van der Waals surface area (Å²) in [5.41, 5.74) is -0.335. The molecule has 0 heterocycles. The molecule has 1 aromatic carbocycles. The van der Waals surface area contributed by atoms with Gasteiger partial charge in [-0.05, 0) is 68.4 Å². The maximum atomic E-state index is 14.4. The molecule has 2 bridgehead atoms. The SMILES string of the molecule is CC1(C)[C@@H]2CCC1(CS(=O)(=O)N(C1CCCCC1)C1CCCCC1)C(Oc1ccccc1)C2. The van der Waals surface area contributed by atoms with Crippen molar-refractivity contribution in [2.75, 3.05) is 5.75 Å². The number of hydrogen-bond donors (Lipinski definition) is 0. The summed E-state index contributed by atoms with van der Waals surface area (Å²) in [6.07, 6.45) is 14.4. The van der Waals surface area contributed by atoms with Gasteiger partial charge < -0.3 is 4.74 Å². The van der Waals surface area contributed by atoms with Gasteiger partial charge in [0.1, 0.15) is 11.9 Å². The average molecular weight is 474 g/mol. The van der Waals surface area contributed by atoms with Crippen molar-refractivity contribution >= 4 is 10.0 Å². The Labute approximate surface area is 201 Å². The Hall–Kier alpha value is -1.07.